The van der Waals surface area contributed by atoms with Crippen molar-refractivity contribution < 1.29 is 0 Å². The molecule has 0 saturated carbocycles. The van der Waals surface area contributed by atoms with Crippen molar-refractivity contribution in [3.05, 3.63) is 11.6 Å². The van der Waals surface area contributed by atoms with Crippen LogP contribution in [-0.2, 0) is 0 Å². The van der Waals surface area contributed by atoms with Crippen LogP contribution < -0.4 is 0 Å². The van der Waals surface area contributed by atoms with Crippen LogP contribution in [-0.4, -0.2) is 0 Å². The minimum atomic E-state index is 1.19. The lowest BCUT2D eigenvalue weighted by atomic mass is 10.2. The molecule has 0 N–H and O–H groups in total. The molecule has 0 radical (unpaired) electrons. The summed E-state index contributed by atoms with van der Waals surface area (Å²) in [4.78, 5) is 0. The molecule has 12 heavy (non-hydrogen) atoms. The van der Waals surface area contributed by atoms with Crippen molar-refractivity contribution in [1.82, 2.24) is 0 Å². The Hall–Kier alpha value is -0.700. The topological polar surface area (TPSA) is 0 Å². The van der Waals surface area contributed by atoms with Gasteiger partial charge >= 0.3 is 0 Å². The van der Waals surface area contributed by atoms with Crippen molar-refractivity contribution in [1.29, 1.82) is 0 Å². The lowest BCUT2D eigenvalue weighted by Gasteiger charge is -1.85. The maximum atomic E-state index is 4.00. The molecule has 0 aromatic carbocycles. The summed E-state index contributed by atoms with van der Waals surface area (Å²) in [7, 11) is 0. The molecule has 0 heterocycles. The van der Waals surface area contributed by atoms with Gasteiger partial charge in [0.05, 0.1) is 0 Å². The Morgan fingerprint density at radius 3 is 1.33 bits per heavy atom. The van der Waals surface area contributed by atoms with Crippen LogP contribution in [0.3, 0.4) is 0 Å². The van der Waals surface area contributed by atoms with Crippen molar-refractivity contribution in [2.24, 2.45) is 0 Å². The third-order valence-corrected chi connectivity index (χ3v) is 1.05. The average molecular weight is 170 g/mol. The number of terminal acetylenes is 1. The summed E-state index contributed by atoms with van der Waals surface area (Å²) in [5.41, 5.74) is 1.47. The Balaban J connectivity index is -0.0000000453. The van der Waals surface area contributed by atoms with E-state index in [4.69, 9.17) is 0 Å². The van der Waals surface area contributed by atoms with E-state index in [1.165, 1.54) is 12.0 Å². The summed E-state index contributed by atoms with van der Waals surface area (Å²) < 4.78 is 0. The van der Waals surface area contributed by atoms with Gasteiger partial charge in [-0.1, -0.05) is 46.3 Å². The molecular formula is C12H26. The first-order chi connectivity index (χ1) is 5.81. The van der Waals surface area contributed by atoms with Gasteiger partial charge in [-0.2, -0.15) is 0 Å². The highest BCUT2D eigenvalue weighted by Gasteiger charge is 1.73. The third kappa shape index (κ3) is 58.8. The summed E-state index contributed by atoms with van der Waals surface area (Å²) in [5, 5.41) is 0. The lowest BCUT2D eigenvalue weighted by molar-refractivity contribution is 1.09. The second-order valence-corrected chi connectivity index (χ2v) is 1.49. The fourth-order valence-electron chi connectivity index (χ4n) is 0.204. The molecule has 0 aliphatic heterocycles. The van der Waals surface area contributed by atoms with Crippen molar-refractivity contribution in [2.75, 3.05) is 0 Å². The summed E-state index contributed by atoms with van der Waals surface area (Å²) in [6, 6.07) is 0. The lowest BCUT2D eigenvalue weighted by Crippen LogP contribution is -1.63. The van der Waals surface area contributed by atoms with Gasteiger partial charge in [-0.15, -0.1) is 12.8 Å². The monoisotopic (exact) mass is 170 g/mol. The van der Waals surface area contributed by atoms with E-state index in [1.54, 1.807) is 0 Å². The van der Waals surface area contributed by atoms with E-state index in [0.29, 0.717) is 0 Å². The number of rotatable bonds is 1. The minimum absolute atomic E-state index is 1.19. The fourth-order valence-corrected chi connectivity index (χ4v) is 0.204. The van der Waals surface area contributed by atoms with E-state index in [1.807, 2.05) is 27.7 Å². The Labute approximate surface area is 80.1 Å². The first kappa shape index (κ1) is 22.5. The first-order valence-corrected chi connectivity index (χ1v) is 4.76. The maximum Gasteiger partial charge on any atom is -0.0352 e. The van der Waals surface area contributed by atoms with Gasteiger partial charge in [0.1, 0.15) is 0 Å². The molecule has 0 unspecified atom stereocenters. The minimum Gasteiger partial charge on any atom is -0.124 e. The molecule has 0 nitrogen and oxygen atoms in total. The highest BCUT2D eigenvalue weighted by Crippen LogP contribution is 1.94. The van der Waals surface area contributed by atoms with Crippen LogP contribution in [0.5, 0.6) is 0 Å². The maximum absolute atomic E-state index is 4.00. The zero-order chi connectivity index (χ0) is 11.0. The summed E-state index contributed by atoms with van der Waals surface area (Å²) in [5.74, 6) is 0. The highest BCUT2D eigenvalue weighted by molar-refractivity contribution is 4.93. The average Bonchev–Trinajstić information content (AvgIpc) is 2.25. The van der Waals surface area contributed by atoms with Crippen molar-refractivity contribution in [3.63, 3.8) is 0 Å². The molecule has 0 aliphatic rings. The van der Waals surface area contributed by atoms with Crippen LogP contribution in [0, 0.1) is 12.8 Å². The van der Waals surface area contributed by atoms with E-state index >= 15 is 0 Å². The molecule has 0 rings (SSSR count). The Bertz CT molecular complexity index is 75.3. The molecular weight excluding hydrogens is 144 g/mol. The van der Waals surface area contributed by atoms with Crippen molar-refractivity contribution >= 4 is 0 Å². The predicted octanol–water partition coefficient (Wildman–Crippen LogP) is 4.66. The van der Waals surface area contributed by atoms with Crippen molar-refractivity contribution in [3.8, 4) is 12.8 Å². The normalized spacial score (nSPS) is 7.25. The van der Waals surface area contributed by atoms with E-state index in [-0.39, 0.29) is 0 Å². The fraction of sp³-hybridized carbons (Fsp3) is 0.667. The van der Waals surface area contributed by atoms with Gasteiger partial charge in [-0.05, 0) is 20.3 Å². The Morgan fingerprint density at radius 2 is 1.33 bits per heavy atom. The molecule has 0 amide bonds. The zero-order valence-electron chi connectivity index (χ0n) is 9.94. The van der Waals surface area contributed by atoms with Gasteiger partial charge in [0, 0.05) is 0 Å². The summed E-state index contributed by atoms with van der Waals surface area (Å²) >= 11 is 0. The van der Waals surface area contributed by atoms with E-state index in [9.17, 15) is 0 Å². The van der Waals surface area contributed by atoms with E-state index < -0.39 is 0 Å². The number of hydrogen-bond acceptors (Lipinski definition) is 0. The van der Waals surface area contributed by atoms with Gasteiger partial charge < -0.3 is 0 Å². The third-order valence-electron chi connectivity index (χ3n) is 1.05. The van der Waals surface area contributed by atoms with Crippen LogP contribution in [0.1, 0.15) is 54.9 Å². The SMILES string of the molecule is C#C.CC.CC.CC=C(C)CC. The van der Waals surface area contributed by atoms with Crippen LogP contribution in [0.15, 0.2) is 11.6 Å². The van der Waals surface area contributed by atoms with Crippen LogP contribution >= 0.6 is 0 Å². The Morgan fingerprint density at radius 1 is 1.08 bits per heavy atom. The van der Waals surface area contributed by atoms with Crippen molar-refractivity contribution in [2.45, 2.75) is 54.9 Å². The number of hydrogen-bond donors (Lipinski definition) is 0. The second kappa shape index (κ2) is 48.2. The molecule has 0 spiro atoms. The molecule has 0 atom stereocenters. The standard InChI is InChI=1S/C6H12.2C2H6.C2H2/c1-4-6(3)5-2;3*1-2/h4H,5H2,1-3H3;2*1-2H3;1-2H. The van der Waals surface area contributed by atoms with Gasteiger partial charge in [0.25, 0.3) is 0 Å². The van der Waals surface area contributed by atoms with Gasteiger partial charge in [0.15, 0.2) is 0 Å². The molecule has 0 aromatic rings. The van der Waals surface area contributed by atoms with Crippen LogP contribution in [0.25, 0.3) is 0 Å². The Kier molecular flexibility index (Phi) is 90.3. The van der Waals surface area contributed by atoms with Gasteiger partial charge in [0.2, 0.25) is 0 Å². The predicted molar refractivity (Wildman–Crippen MR) is 62.3 cm³/mol. The summed E-state index contributed by atoms with van der Waals surface area (Å²) in [6.07, 6.45) is 11.3. The smallest absolute Gasteiger partial charge is 0.0352 e. The molecule has 0 aliphatic carbocycles. The largest absolute Gasteiger partial charge is 0.124 e. The molecule has 0 heteroatoms. The molecule has 74 valence electrons. The molecule has 0 aromatic heterocycles. The first-order valence-electron chi connectivity index (χ1n) is 4.76. The molecule has 0 bridgehead atoms. The molecule has 0 fully saturated rings. The van der Waals surface area contributed by atoms with E-state index in [0.717, 1.165) is 0 Å². The molecule has 0 saturated heterocycles. The van der Waals surface area contributed by atoms with E-state index in [2.05, 4.69) is 39.7 Å². The van der Waals surface area contributed by atoms with Gasteiger partial charge in [-0.3, -0.25) is 0 Å². The highest BCUT2D eigenvalue weighted by atomic mass is 13.8. The second-order valence-electron chi connectivity index (χ2n) is 1.49. The quantitative estimate of drug-likeness (QED) is 0.396. The van der Waals surface area contributed by atoms with Crippen LogP contribution in [0.4, 0.5) is 0 Å². The van der Waals surface area contributed by atoms with Crippen LogP contribution in [0.2, 0.25) is 0 Å². The van der Waals surface area contributed by atoms with Gasteiger partial charge in [-0.25, -0.2) is 0 Å². The number of allylic oxidation sites excluding steroid dienone is 2. The summed E-state index contributed by atoms with van der Waals surface area (Å²) in [6.45, 7) is 14.4. The zero-order valence-corrected chi connectivity index (χ0v) is 9.94.